The van der Waals surface area contributed by atoms with E-state index in [0.29, 0.717) is 13.0 Å². The Hall–Kier alpha value is -1.19. The SMILES string of the molecule is COCCC=O.Cc1ccc(CO)cc1. The van der Waals surface area contributed by atoms with Crippen LogP contribution >= 0.6 is 0 Å². The van der Waals surface area contributed by atoms with Crippen LogP contribution in [-0.2, 0) is 16.1 Å². The normalized spacial score (nSPS) is 9.00. The Morgan fingerprint density at radius 3 is 2.27 bits per heavy atom. The number of carbonyl (C=O) groups excluding carboxylic acids is 1. The smallest absolute Gasteiger partial charge is 0.122 e. The van der Waals surface area contributed by atoms with Gasteiger partial charge >= 0.3 is 0 Å². The molecule has 15 heavy (non-hydrogen) atoms. The number of methoxy groups -OCH3 is 1. The number of aliphatic hydroxyl groups excluding tert-OH is 1. The van der Waals surface area contributed by atoms with Crippen molar-refractivity contribution in [3.8, 4) is 0 Å². The highest BCUT2D eigenvalue weighted by molar-refractivity contribution is 5.49. The highest BCUT2D eigenvalue weighted by Crippen LogP contribution is 2.01. The monoisotopic (exact) mass is 210 g/mol. The fourth-order valence-corrected chi connectivity index (χ4v) is 0.859. The molecule has 1 aromatic carbocycles. The number of hydrogen-bond acceptors (Lipinski definition) is 3. The van der Waals surface area contributed by atoms with Gasteiger partial charge in [0.05, 0.1) is 13.2 Å². The molecule has 0 fully saturated rings. The minimum Gasteiger partial charge on any atom is -0.392 e. The van der Waals surface area contributed by atoms with E-state index in [2.05, 4.69) is 4.74 Å². The van der Waals surface area contributed by atoms with Gasteiger partial charge in [0, 0.05) is 13.5 Å². The standard InChI is InChI=1S/C8H10O.C4H8O2/c1-7-2-4-8(6-9)5-3-7;1-6-4-2-3-5/h2-5,9H,6H2,1H3;3H,2,4H2,1H3. The first-order chi connectivity index (χ1) is 7.24. The number of carbonyl (C=O) groups is 1. The Kier molecular flexibility index (Phi) is 8.63. The van der Waals surface area contributed by atoms with E-state index >= 15 is 0 Å². The second-order valence-corrected chi connectivity index (χ2v) is 3.09. The fraction of sp³-hybridized carbons (Fsp3) is 0.417. The Bertz CT molecular complexity index is 254. The molecule has 1 N–H and O–H groups in total. The topological polar surface area (TPSA) is 46.5 Å². The number of aldehydes is 1. The molecular weight excluding hydrogens is 192 g/mol. The molecule has 0 radical (unpaired) electrons. The van der Waals surface area contributed by atoms with Crippen LogP contribution in [0.3, 0.4) is 0 Å². The van der Waals surface area contributed by atoms with E-state index < -0.39 is 0 Å². The minimum absolute atomic E-state index is 0.139. The molecule has 1 aromatic rings. The first-order valence-corrected chi connectivity index (χ1v) is 4.83. The van der Waals surface area contributed by atoms with Gasteiger partial charge in [0.25, 0.3) is 0 Å². The highest BCUT2D eigenvalue weighted by atomic mass is 16.5. The van der Waals surface area contributed by atoms with Gasteiger partial charge in [-0.2, -0.15) is 0 Å². The maximum atomic E-state index is 9.48. The van der Waals surface area contributed by atoms with Gasteiger partial charge in [-0.1, -0.05) is 29.8 Å². The van der Waals surface area contributed by atoms with Gasteiger partial charge in [0.1, 0.15) is 6.29 Å². The lowest BCUT2D eigenvalue weighted by atomic mass is 10.2. The van der Waals surface area contributed by atoms with Crippen molar-refractivity contribution in [3.63, 3.8) is 0 Å². The third kappa shape index (κ3) is 7.85. The van der Waals surface area contributed by atoms with E-state index in [4.69, 9.17) is 5.11 Å². The maximum absolute atomic E-state index is 9.48. The van der Waals surface area contributed by atoms with E-state index in [-0.39, 0.29) is 6.61 Å². The summed E-state index contributed by atoms with van der Waals surface area (Å²) in [5.41, 5.74) is 2.20. The van der Waals surface area contributed by atoms with Gasteiger partial charge in [0.15, 0.2) is 0 Å². The molecule has 0 aliphatic heterocycles. The summed E-state index contributed by atoms with van der Waals surface area (Å²) in [5, 5.41) is 8.63. The quantitative estimate of drug-likeness (QED) is 0.608. The van der Waals surface area contributed by atoms with Crippen molar-refractivity contribution < 1.29 is 14.6 Å². The fourth-order valence-electron chi connectivity index (χ4n) is 0.859. The number of hydrogen-bond donors (Lipinski definition) is 1. The van der Waals surface area contributed by atoms with Crippen LogP contribution in [0.4, 0.5) is 0 Å². The minimum atomic E-state index is 0.139. The predicted molar refractivity (Wildman–Crippen MR) is 59.7 cm³/mol. The molecule has 0 aliphatic rings. The van der Waals surface area contributed by atoms with Crippen molar-refractivity contribution in [1.82, 2.24) is 0 Å². The molecule has 3 nitrogen and oxygen atoms in total. The van der Waals surface area contributed by atoms with E-state index in [9.17, 15) is 4.79 Å². The van der Waals surface area contributed by atoms with Gasteiger partial charge in [-0.3, -0.25) is 0 Å². The van der Waals surface area contributed by atoms with Crippen LogP contribution < -0.4 is 0 Å². The third-order valence-corrected chi connectivity index (χ3v) is 1.74. The van der Waals surface area contributed by atoms with Crippen molar-refractivity contribution >= 4 is 6.29 Å². The summed E-state index contributed by atoms with van der Waals surface area (Å²) in [6.45, 7) is 2.71. The molecule has 0 saturated heterocycles. The van der Waals surface area contributed by atoms with Crippen LogP contribution in [0.1, 0.15) is 17.5 Å². The third-order valence-electron chi connectivity index (χ3n) is 1.74. The molecular formula is C12H18O3. The lowest BCUT2D eigenvalue weighted by molar-refractivity contribution is -0.108. The predicted octanol–water partition coefficient (Wildman–Crippen LogP) is 1.71. The summed E-state index contributed by atoms with van der Waals surface area (Å²) in [6, 6.07) is 7.84. The average molecular weight is 210 g/mol. The Morgan fingerprint density at radius 2 is 1.93 bits per heavy atom. The Balaban J connectivity index is 0.000000288. The zero-order valence-corrected chi connectivity index (χ0v) is 9.27. The highest BCUT2D eigenvalue weighted by Gasteiger charge is 1.85. The van der Waals surface area contributed by atoms with Crippen molar-refractivity contribution in [2.24, 2.45) is 0 Å². The second-order valence-electron chi connectivity index (χ2n) is 3.09. The van der Waals surface area contributed by atoms with E-state index in [1.807, 2.05) is 31.2 Å². The van der Waals surface area contributed by atoms with Gasteiger partial charge in [-0.25, -0.2) is 0 Å². The lowest BCUT2D eigenvalue weighted by Gasteiger charge is -1.93. The Labute approximate surface area is 90.7 Å². The summed E-state index contributed by atoms with van der Waals surface area (Å²) in [5.74, 6) is 0. The number of rotatable bonds is 4. The molecule has 0 spiro atoms. The van der Waals surface area contributed by atoms with Gasteiger partial charge in [-0.05, 0) is 12.5 Å². The number of ether oxygens (including phenoxy) is 1. The van der Waals surface area contributed by atoms with E-state index in [0.717, 1.165) is 11.8 Å². The summed E-state index contributed by atoms with van der Waals surface area (Å²) in [6.07, 6.45) is 1.35. The molecule has 0 atom stereocenters. The van der Waals surface area contributed by atoms with Crippen molar-refractivity contribution in [2.75, 3.05) is 13.7 Å². The van der Waals surface area contributed by atoms with Crippen molar-refractivity contribution in [2.45, 2.75) is 20.0 Å². The average Bonchev–Trinajstić information content (AvgIpc) is 2.28. The van der Waals surface area contributed by atoms with Gasteiger partial charge in [0.2, 0.25) is 0 Å². The first kappa shape index (κ1) is 13.8. The van der Waals surface area contributed by atoms with E-state index in [1.165, 1.54) is 5.56 Å². The van der Waals surface area contributed by atoms with Crippen molar-refractivity contribution in [3.05, 3.63) is 35.4 Å². The van der Waals surface area contributed by atoms with Crippen LogP contribution in [0.2, 0.25) is 0 Å². The van der Waals surface area contributed by atoms with Gasteiger partial charge < -0.3 is 14.6 Å². The zero-order valence-electron chi connectivity index (χ0n) is 9.27. The van der Waals surface area contributed by atoms with Crippen LogP contribution in [0.15, 0.2) is 24.3 Å². The van der Waals surface area contributed by atoms with Crippen molar-refractivity contribution in [1.29, 1.82) is 0 Å². The molecule has 84 valence electrons. The molecule has 0 aliphatic carbocycles. The van der Waals surface area contributed by atoms with Crippen LogP contribution in [0.5, 0.6) is 0 Å². The molecule has 0 saturated carbocycles. The first-order valence-electron chi connectivity index (χ1n) is 4.83. The summed E-state index contributed by atoms with van der Waals surface area (Å²) < 4.78 is 4.55. The second kappa shape index (κ2) is 9.37. The number of aliphatic hydroxyl groups is 1. The molecule has 1 rings (SSSR count). The molecule has 0 aromatic heterocycles. The van der Waals surface area contributed by atoms with Crippen LogP contribution in [0.25, 0.3) is 0 Å². The number of benzene rings is 1. The lowest BCUT2D eigenvalue weighted by Crippen LogP contribution is -1.86. The molecule has 0 unspecified atom stereocenters. The van der Waals surface area contributed by atoms with Crippen LogP contribution in [0, 0.1) is 6.92 Å². The molecule has 0 heterocycles. The van der Waals surface area contributed by atoms with E-state index in [1.54, 1.807) is 7.11 Å². The van der Waals surface area contributed by atoms with Gasteiger partial charge in [-0.15, -0.1) is 0 Å². The molecule has 3 heteroatoms. The molecule has 0 bridgehead atoms. The maximum Gasteiger partial charge on any atom is 0.122 e. The summed E-state index contributed by atoms with van der Waals surface area (Å²) >= 11 is 0. The zero-order chi connectivity index (χ0) is 11.5. The van der Waals surface area contributed by atoms with Crippen LogP contribution in [-0.4, -0.2) is 25.1 Å². The summed E-state index contributed by atoms with van der Waals surface area (Å²) in [7, 11) is 1.57. The molecule has 0 amide bonds. The largest absolute Gasteiger partial charge is 0.392 e. The number of aryl methyl sites for hydroxylation is 1. The summed E-state index contributed by atoms with van der Waals surface area (Å²) in [4.78, 5) is 9.48. The Morgan fingerprint density at radius 1 is 1.33 bits per heavy atom.